The van der Waals surface area contributed by atoms with Crippen LogP contribution in [0.15, 0.2) is 12.2 Å². The van der Waals surface area contributed by atoms with Crippen molar-refractivity contribution in [3.05, 3.63) is 12.2 Å². The highest BCUT2D eigenvalue weighted by Gasteiger charge is 2.22. The molecule has 0 heterocycles. The van der Waals surface area contributed by atoms with Crippen molar-refractivity contribution in [1.82, 2.24) is 0 Å². The molecule has 0 aromatic heterocycles. The van der Waals surface area contributed by atoms with Crippen molar-refractivity contribution in [2.75, 3.05) is 0 Å². The van der Waals surface area contributed by atoms with Crippen LogP contribution in [0.2, 0.25) is 0 Å². The molecule has 0 aliphatic carbocycles. The van der Waals surface area contributed by atoms with Crippen LogP contribution in [0.4, 0.5) is 13.2 Å². The van der Waals surface area contributed by atoms with Crippen LogP contribution in [0.3, 0.4) is 0 Å². The number of halogens is 3. The van der Waals surface area contributed by atoms with E-state index in [4.69, 9.17) is 5.11 Å². The Hall–Kier alpha value is -0.510. The van der Waals surface area contributed by atoms with Gasteiger partial charge in [-0.05, 0) is 6.42 Å². The van der Waals surface area contributed by atoms with Crippen LogP contribution in [0, 0.1) is 0 Å². The molecule has 0 bridgehead atoms. The van der Waals surface area contributed by atoms with E-state index >= 15 is 0 Å². The van der Waals surface area contributed by atoms with E-state index in [0.29, 0.717) is 6.42 Å². The minimum atomic E-state index is -4.32. The molecule has 84 valence electrons. The minimum absolute atomic E-state index is 0.0947. The third-order valence-electron chi connectivity index (χ3n) is 1.86. The summed E-state index contributed by atoms with van der Waals surface area (Å²) in [5, 5.41) is 9.13. The van der Waals surface area contributed by atoms with Crippen molar-refractivity contribution in [1.29, 1.82) is 0 Å². The van der Waals surface area contributed by atoms with Gasteiger partial charge in [0.2, 0.25) is 0 Å². The lowest BCUT2D eigenvalue weighted by molar-refractivity contribution is -0.0806. The second-order valence-electron chi connectivity index (χ2n) is 3.32. The molecule has 0 radical (unpaired) electrons. The predicted molar refractivity (Wildman–Crippen MR) is 50.0 cm³/mol. The third-order valence-corrected chi connectivity index (χ3v) is 1.86. The number of aliphatic hydroxyl groups excluding tert-OH is 1. The highest BCUT2D eigenvalue weighted by atomic mass is 19.4. The second kappa shape index (κ2) is 6.87. The van der Waals surface area contributed by atoms with E-state index in [0.717, 1.165) is 31.8 Å². The largest absolute Gasteiger partial charge is 0.409 e. The molecule has 0 saturated carbocycles. The Morgan fingerprint density at radius 2 is 1.86 bits per heavy atom. The van der Waals surface area contributed by atoms with Crippen LogP contribution in [-0.2, 0) is 0 Å². The number of hydrogen-bond donors (Lipinski definition) is 1. The number of alkyl halides is 3. The van der Waals surface area contributed by atoms with Crippen LogP contribution >= 0.6 is 0 Å². The first kappa shape index (κ1) is 13.5. The molecular formula is C10H17F3O. The molecule has 0 aliphatic heterocycles. The second-order valence-corrected chi connectivity index (χ2v) is 3.32. The number of rotatable bonds is 6. The SMILES string of the molecule is CCCCCCC(O)/C=C\C(F)(F)F. The van der Waals surface area contributed by atoms with Gasteiger partial charge < -0.3 is 5.11 Å². The molecule has 4 heteroatoms. The summed E-state index contributed by atoms with van der Waals surface area (Å²) < 4.78 is 35.0. The van der Waals surface area contributed by atoms with Gasteiger partial charge in [-0.1, -0.05) is 38.7 Å². The minimum Gasteiger partial charge on any atom is -0.389 e. The summed E-state index contributed by atoms with van der Waals surface area (Å²) in [4.78, 5) is 0. The van der Waals surface area contributed by atoms with Gasteiger partial charge in [0.15, 0.2) is 0 Å². The number of aliphatic hydroxyl groups is 1. The first-order valence-corrected chi connectivity index (χ1v) is 4.90. The van der Waals surface area contributed by atoms with Gasteiger partial charge in [0, 0.05) is 6.08 Å². The Bertz CT molecular complexity index is 163. The zero-order valence-electron chi connectivity index (χ0n) is 8.35. The maximum absolute atomic E-state index is 11.7. The van der Waals surface area contributed by atoms with Crippen molar-refractivity contribution in [2.24, 2.45) is 0 Å². The standard InChI is InChI=1S/C10H17F3O/c1-2-3-4-5-6-9(14)7-8-10(11,12)13/h7-9,14H,2-6H2,1H3/b8-7-. The van der Waals surface area contributed by atoms with Gasteiger partial charge in [-0.25, -0.2) is 0 Å². The van der Waals surface area contributed by atoms with Gasteiger partial charge in [-0.3, -0.25) is 0 Å². The molecule has 0 rings (SSSR count). The fourth-order valence-corrected chi connectivity index (χ4v) is 1.10. The predicted octanol–water partition coefficient (Wildman–Crippen LogP) is 3.44. The van der Waals surface area contributed by atoms with Gasteiger partial charge in [0.1, 0.15) is 0 Å². The van der Waals surface area contributed by atoms with Crippen molar-refractivity contribution in [2.45, 2.75) is 51.3 Å². The molecule has 0 aliphatic rings. The van der Waals surface area contributed by atoms with E-state index in [9.17, 15) is 13.2 Å². The molecule has 1 unspecified atom stereocenters. The quantitative estimate of drug-likeness (QED) is 0.526. The fraction of sp³-hybridized carbons (Fsp3) is 0.800. The maximum atomic E-state index is 11.7. The summed E-state index contributed by atoms with van der Waals surface area (Å²) in [6, 6.07) is 0. The van der Waals surface area contributed by atoms with Crippen molar-refractivity contribution < 1.29 is 18.3 Å². The summed E-state index contributed by atoms with van der Waals surface area (Å²) >= 11 is 0. The van der Waals surface area contributed by atoms with Crippen molar-refractivity contribution >= 4 is 0 Å². The number of unbranched alkanes of at least 4 members (excludes halogenated alkanes) is 3. The summed E-state index contributed by atoms with van der Waals surface area (Å²) in [5.41, 5.74) is 0. The van der Waals surface area contributed by atoms with E-state index in [-0.39, 0.29) is 6.08 Å². The van der Waals surface area contributed by atoms with Crippen LogP contribution in [0.5, 0.6) is 0 Å². The zero-order chi connectivity index (χ0) is 11.0. The smallest absolute Gasteiger partial charge is 0.389 e. The molecule has 0 spiro atoms. The van der Waals surface area contributed by atoms with Gasteiger partial charge in [0.05, 0.1) is 6.10 Å². The normalized spacial score (nSPS) is 14.9. The number of allylic oxidation sites excluding steroid dienone is 1. The molecule has 0 fully saturated rings. The summed E-state index contributed by atoms with van der Waals surface area (Å²) in [7, 11) is 0. The summed E-state index contributed by atoms with van der Waals surface area (Å²) in [6.45, 7) is 2.06. The topological polar surface area (TPSA) is 20.2 Å². The van der Waals surface area contributed by atoms with E-state index in [1.54, 1.807) is 0 Å². The summed E-state index contributed by atoms with van der Waals surface area (Å²) in [5.74, 6) is 0. The lowest BCUT2D eigenvalue weighted by atomic mass is 10.1. The fourth-order valence-electron chi connectivity index (χ4n) is 1.10. The third kappa shape index (κ3) is 9.58. The van der Waals surface area contributed by atoms with Gasteiger partial charge in [0.25, 0.3) is 0 Å². The van der Waals surface area contributed by atoms with Crippen LogP contribution in [0.1, 0.15) is 39.0 Å². The van der Waals surface area contributed by atoms with Crippen molar-refractivity contribution in [3.8, 4) is 0 Å². The Morgan fingerprint density at radius 1 is 1.21 bits per heavy atom. The zero-order valence-corrected chi connectivity index (χ0v) is 8.35. The van der Waals surface area contributed by atoms with E-state index in [1.807, 2.05) is 0 Å². The molecule has 0 aromatic rings. The lowest BCUT2D eigenvalue weighted by Crippen LogP contribution is -2.07. The molecule has 14 heavy (non-hydrogen) atoms. The van der Waals surface area contributed by atoms with Crippen LogP contribution in [-0.4, -0.2) is 17.4 Å². The average Bonchev–Trinajstić information content (AvgIpc) is 2.08. The van der Waals surface area contributed by atoms with Gasteiger partial charge in [-0.2, -0.15) is 13.2 Å². The van der Waals surface area contributed by atoms with Gasteiger partial charge >= 0.3 is 6.18 Å². The molecule has 1 N–H and O–H groups in total. The maximum Gasteiger partial charge on any atom is 0.409 e. The van der Waals surface area contributed by atoms with Gasteiger partial charge in [-0.15, -0.1) is 0 Å². The molecule has 1 atom stereocenters. The molecule has 0 saturated heterocycles. The molecule has 1 nitrogen and oxygen atoms in total. The van der Waals surface area contributed by atoms with Crippen molar-refractivity contribution in [3.63, 3.8) is 0 Å². The highest BCUT2D eigenvalue weighted by Crippen LogP contribution is 2.17. The Labute approximate surface area is 82.6 Å². The first-order valence-electron chi connectivity index (χ1n) is 4.90. The number of hydrogen-bond acceptors (Lipinski definition) is 1. The average molecular weight is 210 g/mol. The Balaban J connectivity index is 3.55. The van der Waals surface area contributed by atoms with E-state index in [2.05, 4.69) is 6.92 Å². The Kier molecular flexibility index (Phi) is 6.62. The van der Waals surface area contributed by atoms with Crippen LogP contribution in [0.25, 0.3) is 0 Å². The van der Waals surface area contributed by atoms with Crippen LogP contribution < -0.4 is 0 Å². The first-order chi connectivity index (χ1) is 6.45. The molecule has 0 amide bonds. The molecule has 0 aromatic carbocycles. The highest BCUT2D eigenvalue weighted by molar-refractivity contribution is 4.93. The van der Waals surface area contributed by atoms with E-state index in [1.165, 1.54) is 0 Å². The van der Waals surface area contributed by atoms with E-state index < -0.39 is 12.3 Å². The summed E-state index contributed by atoms with van der Waals surface area (Å²) in [6.07, 6.45) is -0.0802. The molecular weight excluding hydrogens is 193 g/mol. The monoisotopic (exact) mass is 210 g/mol. The lowest BCUT2D eigenvalue weighted by Gasteiger charge is -2.05. The Morgan fingerprint density at radius 3 is 2.36 bits per heavy atom.